The minimum absolute atomic E-state index is 0.283. The lowest BCUT2D eigenvalue weighted by Gasteiger charge is -2.32. The summed E-state index contributed by atoms with van der Waals surface area (Å²) in [5.41, 5.74) is -0.370. The molecular formula is C13H19BFNO2. The Bertz CT molecular complexity index is 434. The van der Waals surface area contributed by atoms with Gasteiger partial charge in [-0.1, -0.05) is 12.1 Å². The van der Waals surface area contributed by atoms with E-state index >= 15 is 0 Å². The van der Waals surface area contributed by atoms with E-state index in [1.54, 1.807) is 30.1 Å². The fourth-order valence-electron chi connectivity index (χ4n) is 1.82. The molecule has 0 aromatic heterocycles. The monoisotopic (exact) mass is 251 g/mol. The van der Waals surface area contributed by atoms with Crippen LogP contribution in [0.2, 0.25) is 0 Å². The summed E-state index contributed by atoms with van der Waals surface area (Å²) in [5.74, 6) is -0.283. The van der Waals surface area contributed by atoms with Crippen LogP contribution in [0.15, 0.2) is 24.3 Å². The minimum Gasteiger partial charge on any atom is -0.384 e. The molecule has 0 aliphatic carbocycles. The standard InChI is InChI=1S/C13H19BFNO2/c1-12(2)13(3,4)18-14(17-12)16(5)11-9-7-6-8-10(11)15/h6-9H,1-5H3. The lowest BCUT2D eigenvalue weighted by atomic mass is 9.90. The summed E-state index contributed by atoms with van der Waals surface area (Å²) in [4.78, 5) is 1.67. The van der Waals surface area contributed by atoms with Crippen LogP contribution in [0.1, 0.15) is 27.7 Å². The van der Waals surface area contributed by atoms with E-state index in [4.69, 9.17) is 9.31 Å². The van der Waals surface area contributed by atoms with Crippen molar-refractivity contribution in [2.45, 2.75) is 38.9 Å². The Morgan fingerprint density at radius 3 is 2.06 bits per heavy atom. The average Bonchev–Trinajstić information content (AvgIpc) is 2.48. The molecule has 18 heavy (non-hydrogen) atoms. The van der Waals surface area contributed by atoms with E-state index in [1.165, 1.54) is 6.07 Å². The molecule has 1 aliphatic rings. The molecule has 3 nitrogen and oxygen atoms in total. The third-order valence-electron chi connectivity index (χ3n) is 3.79. The first-order valence-electron chi connectivity index (χ1n) is 6.08. The van der Waals surface area contributed by atoms with Crippen molar-refractivity contribution in [3.05, 3.63) is 30.1 Å². The molecule has 0 unspecified atom stereocenters. The molecule has 0 atom stereocenters. The van der Waals surface area contributed by atoms with Crippen molar-refractivity contribution in [3.8, 4) is 0 Å². The van der Waals surface area contributed by atoms with Gasteiger partial charge in [0.05, 0.1) is 16.9 Å². The molecule has 0 saturated carbocycles. The van der Waals surface area contributed by atoms with Crippen LogP contribution < -0.4 is 4.81 Å². The van der Waals surface area contributed by atoms with E-state index in [0.717, 1.165) is 0 Å². The zero-order valence-electron chi connectivity index (χ0n) is 11.5. The van der Waals surface area contributed by atoms with E-state index in [0.29, 0.717) is 5.69 Å². The predicted octanol–water partition coefficient (Wildman–Crippen LogP) is 2.85. The smallest absolute Gasteiger partial charge is 0.384 e. The maximum absolute atomic E-state index is 13.7. The van der Waals surface area contributed by atoms with E-state index in [1.807, 2.05) is 27.7 Å². The van der Waals surface area contributed by atoms with Crippen LogP contribution in [-0.4, -0.2) is 25.5 Å². The predicted molar refractivity (Wildman–Crippen MR) is 70.9 cm³/mol. The number of anilines is 1. The van der Waals surface area contributed by atoms with E-state index < -0.39 is 18.5 Å². The molecule has 0 radical (unpaired) electrons. The van der Waals surface area contributed by atoms with Crippen LogP contribution in [0.4, 0.5) is 10.1 Å². The van der Waals surface area contributed by atoms with Crippen molar-refractivity contribution in [1.82, 2.24) is 0 Å². The Hall–Kier alpha value is -1.07. The fourth-order valence-corrected chi connectivity index (χ4v) is 1.82. The molecular weight excluding hydrogens is 232 g/mol. The molecule has 1 saturated heterocycles. The van der Waals surface area contributed by atoms with Gasteiger partial charge < -0.3 is 14.1 Å². The van der Waals surface area contributed by atoms with Gasteiger partial charge in [0, 0.05) is 0 Å². The quantitative estimate of drug-likeness (QED) is 0.754. The number of para-hydroxylation sites is 1. The third-order valence-corrected chi connectivity index (χ3v) is 3.79. The van der Waals surface area contributed by atoms with Gasteiger partial charge in [-0.3, -0.25) is 0 Å². The van der Waals surface area contributed by atoms with Gasteiger partial charge in [-0.05, 0) is 46.9 Å². The highest BCUT2D eigenvalue weighted by atomic mass is 19.1. The highest BCUT2D eigenvalue weighted by Crippen LogP contribution is 2.38. The van der Waals surface area contributed by atoms with Gasteiger partial charge in [-0.15, -0.1) is 0 Å². The van der Waals surface area contributed by atoms with Crippen molar-refractivity contribution in [2.75, 3.05) is 11.9 Å². The summed E-state index contributed by atoms with van der Waals surface area (Å²) < 4.78 is 25.5. The summed E-state index contributed by atoms with van der Waals surface area (Å²) in [5, 5.41) is 0. The second-order valence-corrected chi connectivity index (χ2v) is 5.63. The number of hydrogen-bond donors (Lipinski definition) is 0. The van der Waals surface area contributed by atoms with Crippen LogP contribution in [-0.2, 0) is 9.31 Å². The Morgan fingerprint density at radius 2 is 1.56 bits per heavy atom. The summed E-state index contributed by atoms with van der Waals surface area (Å²) in [6.45, 7) is 7.90. The van der Waals surface area contributed by atoms with Gasteiger partial charge in [0.25, 0.3) is 0 Å². The third kappa shape index (κ3) is 2.13. The van der Waals surface area contributed by atoms with Gasteiger partial charge >= 0.3 is 7.25 Å². The molecule has 0 bridgehead atoms. The van der Waals surface area contributed by atoms with E-state index in [9.17, 15) is 4.39 Å². The first-order chi connectivity index (χ1) is 8.24. The lowest BCUT2D eigenvalue weighted by molar-refractivity contribution is 0.00578. The summed E-state index contributed by atoms with van der Waals surface area (Å²) in [6.07, 6.45) is 0. The maximum Gasteiger partial charge on any atom is 0.594 e. The Labute approximate surface area is 108 Å². The first kappa shape index (κ1) is 13.4. The van der Waals surface area contributed by atoms with Gasteiger partial charge in [0.2, 0.25) is 0 Å². The van der Waals surface area contributed by atoms with Crippen LogP contribution in [0.5, 0.6) is 0 Å². The number of nitrogens with zero attached hydrogens (tertiary/aromatic N) is 1. The van der Waals surface area contributed by atoms with Gasteiger partial charge in [0.15, 0.2) is 0 Å². The van der Waals surface area contributed by atoms with Crippen molar-refractivity contribution in [1.29, 1.82) is 0 Å². The zero-order chi connectivity index (χ0) is 13.6. The molecule has 0 amide bonds. The van der Waals surface area contributed by atoms with Crippen molar-refractivity contribution < 1.29 is 13.7 Å². The molecule has 1 heterocycles. The second kappa shape index (κ2) is 4.25. The topological polar surface area (TPSA) is 21.7 Å². The Morgan fingerprint density at radius 1 is 1.06 bits per heavy atom. The average molecular weight is 251 g/mol. The van der Waals surface area contributed by atoms with Crippen LogP contribution in [0.25, 0.3) is 0 Å². The van der Waals surface area contributed by atoms with Crippen LogP contribution in [0, 0.1) is 5.82 Å². The highest BCUT2D eigenvalue weighted by molar-refractivity contribution is 6.50. The molecule has 0 N–H and O–H groups in total. The molecule has 0 spiro atoms. The molecule has 1 fully saturated rings. The molecule has 2 rings (SSSR count). The summed E-state index contributed by atoms with van der Waals surface area (Å²) >= 11 is 0. The SMILES string of the molecule is CN(B1OC(C)(C)C(C)(C)O1)c1ccccc1F. The van der Waals surface area contributed by atoms with Crippen molar-refractivity contribution in [3.63, 3.8) is 0 Å². The molecule has 98 valence electrons. The first-order valence-corrected chi connectivity index (χ1v) is 6.08. The Kier molecular flexibility index (Phi) is 3.15. The minimum atomic E-state index is -0.577. The van der Waals surface area contributed by atoms with Gasteiger partial charge in [0.1, 0.15) is 5.82 Å². The maximum atomic E-state index is 13.7. The highest BCUT2D eigenvalue weighted by Gasteiger charge is 2.53. The lowest BCUT2D eigenvalue weighted by Crippen LogP contribution is -2.41. The summed E-state index contributed by atoms with van der Waals surface area (Å²) in [7, 11) is 1.19. The van der Waals surface area contributed by atoms with Gasteiger partial charge in [-0.2, -0.15) is 0 Å². The van der Waals surface area contributed by atoms with Crippen molar-refractivity contribution >= 4 is 12.9 Å². The number of benzene rings is 1. The fraction of sp³-hybridized carbons (Fsp3) is 0.538. The second-order valence-electron chi connectivity index (χ2n) is 5.63. The largest absolute Gasteiger partial charge is 0.594 e. The van der Waals surface area contributed by atoms with Crippen LogP contribution >= 0.6 is 0 Å². The number of hydrogen-bond acceptors (Lipinski definition) is 3. The Balaban J connectivity index is 2.23. The van der Waals surface area contributed by atoms with Crippen LogP contribution in [0.3, 0.4) is 0 Å². The molecule has 1 aromatic rings. The summed E-state index contributed by atoms with van der Waals surface area (Å²) in [6, 6.07) is 6.59. The van der Waals surface area contributed by atoms with Crippen molar-refractivity contribution in [2.24, 2.45) is 0 Å². The molecule has 1 aliphatic heterocycles. The van der Waals surface area contributed by atoms with Gasteiger partial charge in [-0.25, -0.2) is 4.39 Å². The number of rotatable bonds is 2. The zero-order valence-corrected chi connectivity index (χ0v) is 11.5. The molecule has 5 heteroatoms. The number of halogens is 1. The van der Waals surface area contributed by atoms with E-state index in [2.05, 4.69) is 0 Å². The molecule has 1 aromatic carbocycles. The van der Waals surface area contributed by atoms with E-state index in [-0.39, 0.29) is 5.82 Å². The normalized spacial score (nSPS) is 21.1.